The van der Waals surface area contributed by atoms with Crippen molar-refractivity contribution < 1.29 is 19.1 Å². The summed E-state index contributed by atoms with van der Waals surface area (Å²) >= 11 is 0. The molecule has 0 aromatic heterocycles. The fourth-order valence-corrected chi connectivity index (χ4v) is 2.76. The normalized spacial score (nSPS) is 18.6. The van der Waals surface area contributed by atoms with E-state index >= 15 is 0 Å². The van der Waals surface area contributed by atoms with Crippen LogP contribution in [0.15, 0.2) is 0 Å². The first-order valence-electron chi connectivity index (χ1n) is 7.47. The van der Waals surface area contributed by atoms with Crippen LogP contribution < -0.4 is 0 Å². The van der Waals surface area contributed by atoms with Crippen molar-refractivity contribution in [2.45, 2.75) is 70.8 Å². The summed E-state index contributed by atoms with van der Waals surface area (Å²) in [5.41, 5.74) is -0.641. The van der Waals surface area contributed by atoms with Crippen LogP contribution in [0.2, 0.25) is 0 Å². The molecule has 1 fully saturated rings. The smallest absolute Gasteiger partial charge is 0.306 e. The molecule has 19 heavy (non-hydrogen) atoms. The minimum atomic E-state index is -0.641. The van der Waals surface area contributed by atoms with Gasteiger partial charge in [-0.2, -0.15) is 0 Å². The molecule has 0 aromatic rings. The molecule has 1 rings (SSSR count). The maximum absolute atomic E-state index is 12.4. The molecule has 1 aliphatic carbocycles. The molecule has 0 aliphatic heterocycles. The Kier molecular flexibility index (Phi) is 7.06. The third-order valence-electron chi connectivity index (χ3n) is 3.70. The van der Waals surface area contributed by atoms with Gasteiger partial charge >= 0.3 is 5.97 Å². The molecule has 4 heteroatoms. The first-order valence-corrected chi connectivity index (χ1v) is 7.47. The Morgan fingerprint density at radius 2 is 1.58 bits per heavy atom. The predicted octanol–water partition coefficient (Wildman–Crippen LogP) is 3.03. The van der Waals surface area contributed by atoms with Crippen molar-refractivity contribution >= 4 is 11.8 Å². The van der Waals surface area contributed by atoms with Gasteiger partial charge in [-0.3, -0.25) is 9.59 Å². The molecule has 0 radical (unpaired) electrons. The number of ketones is 1. The Balaban J connectivity index is 2.58. The van der Waals surface area contributed by atoms with Gasteiger partial charge in [-0.1, -0.05) is 25.7 Å². The van der Waals surface area contributed by atoms with Gasteiger partial charge < -0.3 is 9.47 Å². The van der Waals surface area contributed by atoms with Crippen LogP contribution in [0.4, 0.5) is 0 Å². The molecular weight excluding hydrogens is 244 g/mol. The van der Waals surface area contributed by atoms with E-state index in [1.165, 1.54) is 12.8 Å². The van der Waals surface area contributed by atoms with Crippen LogP contribution in [0.3, 0.4) is 0 Å². The molecule has 0 bridgehead atoms. The van der Waals surface area contributed by atoms with Gasteiger partial charge in [0.05, 0.1) is 13.0 Å². The number of carbonyl (C=O) groups excluding carboxylic acids is 2. The highest BCUT2D eigenvalue weighted by atomic mass is 16.5. The lowest BCUT2D eigenvalue weighted by atomic mass is 9.87. The summed E-state index contributed by atoms with van der Waals surface area (Å²) in [7, 11) is 0. The van der Waals surface area contributed by atoms with E-state index < -0.39 is 5.60 Å². The van der Waals surface area contributed by atoms with Crippen LogP contribution in [0.25, 0.3) is 0 Å². The van der Waals surface area contributed by atoms with Crippen molar-refractivity contribution in [1.29, 1.82) is 0 Å². The van der Waals surface area contributed by atoms with E-state index in [-0.39, 0.29) is 24.6 Å². The summed E-state index contributed by atoms with van der Waals surface area (Å²) in [4.78, 5) is 23.8. The van der Waals surface area contributed by atoms with Crippen LogP contribution in [0.1, 0.15) is 65.2 Å². The maximum Gasteiger partial charge on any atom is 0.306 e. The molecule has 0 saturated heterocycles. The molecule has 0 spiro atoms. The zero-order valence-electron chi connectivity index (χ0n) is 12.2. The van der Waals surface area contributed by atoms with E-state index in [1.54, 1.807) is 6.92 Å². The Morgan fingerprint density at radius 1 is 0.947 bits per heavy atom. The number of ether oxygens (including phenoxy) is 2. The van der Waals surface area contributed by atoms with Crippen molar-refractivity contribution in [3.8, 4) is 0 Å². The van der Waals surface area contributed by atoms with Crippen molar-refractivity contribution in [3.63, 3.8) is 0 Å². The van der Waals surface area contributed by atoms with Gasteiger partial charge in [0.15, 0.2) is 5.78 Å². The topological polar surface area (TPSA) is 52.6 Å². The fourth-order valence-electron chi connectivity index (χ4n) is 2.76. The third kappa shape index (κ3) is 4.94. The monoisotopic (exact) mass is 270 g/mol. The molecule has 0 N–H and O–H groups in total. The number of Topliss-reactive ketones (excluding diaryl/α,β-unsaturated/α-hetero) is 1. The standard InChI is InChI=1S/C15H26O4/c1-3-18-14(17)10-9-13(16)15(19-4-2)11-7-5-6-8-12-15/h3-12H2,1-2H3. The molecule has 1 saturated carbocycles. The molecular formula is C15H26O4. The van der Waals surface area contributed by atoms with E-state index in [9.17, 15) is 9.59 Å². The highest BCUT2D eigenvalue weighted by Gasteiger charge is 2.38. The third-order valence-corrected chi connectivity index (χ3v) is 3.70. The number of hydrogen-bond donors (Lipinski definition) is 0. The highest BCUT2D eigenvalue weighted by molar-refractivity contribution is 5.89. The molecule has 0 unspecified atom stereocenters. The largest absolute Gasteiger partial charge is 0.466 e. The zero-order valence-corrected chi connectivity index (χ0v) is 12.2. The van der Waals surface area contributed by atoms with Gasteiger partial charge in [0.25, 0.3) is 0 Å². The predicted molar refractivity (Wildman–Crippen MR) is 72.9 cm³/mol. The minimum absolute atomic E-state index is 0.0734. The first-order chi connectivity index (χ1) is 9.14. The van der Waals surface area contributed by atoms with Gasteiger partial charge in [-0.05, 0) is 26.7 Å². The summed E-state index contributed by atoms with van der Waals surface area (Å²) < 4.78 is 10.7. The Bertz CT molecular complexity index is 291. The molecule has 0 amide bonds. The maximum atomic E-state index is 12.4. The average molecular weight is 270 g/mol. The van der Waals surface area contributed by atoms with Crippen molar-refractivity contribution in [2.75, 3.05) is 13.2 Å². The van der Waals surface area contributed by atoms with E-state index in [2.05, 4.69) is 0 Å². The number of rotatable bonds is 7. The molecule has 110 valence electrons. The number of hydrogen-bond acceptors (Lipinski definition) is 4. The van der Waals surface area contributed by atoms with Crippen LogP contribution >= 0.6 is 0 Å². The van der Waals surface area contributed by atoms with Crippen LogP contribution in [0, 0.1) is 0 Å². The molecule has 1 aliphatic rings. The SMILES string of the molecule is CCOC(=O)CCC(=O)C1(OCC)CCCCCC1. The van der Waals surface area contributed by atoms with Crippen molar-refractivity contribution in [2.24, 2.45) is 0 Å². The van der Waals surface area contributed by atoms with Crippen molar-refractivity contribution in [1.82, 2.24) is 0 Å². The highest BCUT2D eigenvalue weighted by Crippen LogP contribution is 2.32. The van der Waals surface area contributed by atoms with E-state index in [0.717, 1.165) is 25.7 Å². The lowest BCUT2D eigenvalue weighted by molar-refractivity contribution is -0.151. The van der Waals surface area contributed by atoms with Crippen LogP contribution in [-0.2, 0) is 19.1 Å². The van der Waals surface area contributed by atoms with Gasteiger partial charge in [0.2, 0.25) is 0 Å². The van der Waals surface area contributed by atoms with Crippen LogP contribution in [0.5, 0.6) is 0 Å². The van der Waals surface area contributed by atoms with Gasteiger partial charge in [0, 0.05) is 13.0 Å². The number of carbonyl (C=O) groups is 2. The second kappa shape index (κ2) is 8.31. The Morgan fingerprint density at radius 3 is 2.11 bits per heavy atom. The summed E-state index contributed by atoms with van der Waals surface area (Å²) in [5, 5.41) is 0. The summed E-state index contributed by atoms with van der Waals surface area (Å²) in [5.74, 6) is -0.222. The van der Waals surface area contributed by atoms with E-state index in [0.29, 0.717) is 13.2 Å². The molecule has 4 nitrogen and oxygen atoms in total. The van der Waals surface area contributed by atoms with Crippen molar-refractivity contribution in [3.05, 3.63) is 0 Å². The molecule has 0 heterocycles. The zero-order chi connectivity index (χ0) is 14.1. The van der Waals surface area contributed by atoms with Crippen LogP contribution in [-0.4, -0.2) is 30.6 Å². The lowest BCUT2D eigenvalue weighted by Gasteiger charge is -2.31. The number of esters is 1. The minimum Gasteiger partial charge on any atom is -0.466 e. The molecule has 0 aromatic carbocycles. The second-order valence-electron chi connectivity index (χ2n) is 5.07. The Labute approximate surface area is 115 Å². The molecule has 0 atom stereocenters. The quantitative estimate of drug-likeness (QED) is 0.527. The summed E-state index contributed by atoms with van der Waals surface area (Å²) in [6.07, 6.45) is 6.39. The average Bonchev–Trinajstić information content (AvgIpc) is 2.63. The van der Waals surface area contributed by atoms with E-state index in [4.69, 9.17) is 9.47 Å². The lowest BCUT2D eigenvalue weighted by Crippen LogP contribution is -2.41. The fraction of sp³-hybridized carbons (Fsp3) is 0.867. The van der Waals surface area contributed by atoms with Gasteiger partial charge in [-0.25, -0.2) is 0 Å². The second-order valence-corrected chi connectivity index (χ2v) is 5.07. The summed E-state index contributed by atoms with van der Waals surface area (Å²) in [6.45, 7) is 4.60. The Hall–Kier alpha value is -0.900. The van der Waals surface area contributed by atoms with Gasteiger partial charge in [-0.15, -0.1) is 0 Å². The summed E-state index contributed by atoms with van der Waals surface area (Å²) in [6, 6.07) is 0. The van der Waals surface area contributed by atoms with E-state index in [1.807, 2.05) is 6.92 Å². The van der Waals surface area contributed by atoms with Gasteiger partial charge in [0.1, 0.15) is 5.60 Å². The first kappa shape index (κ1) is 16.2.